The molecule has 0 aliphatic heterocycles. The molecule has 1 aliphatic carbocycles. The molecule has 0 spiro atoms. The predicted octanol–water partition coefficient (Wildman–Crippen LogP) is 2.55. The van der Waals surface area contributed by atoms with Crippen molar-refractivity contribution in [3.8, 4) is 0 Å². The van der Waals surface area contributed by atoms with Crippen LogP contribution in [0.1, 0.15) is 55.9 Å². The number of rotatable bonds is 9. The second-order valence-electron chi connectivity index (χ2n) is 9.96. The summed E-state index contributed by atoms with van der Waals surface area (Å²) in [6, 6.07) is 5.26. The lowest BCUT2D eigenvalue weighted by Crippen LogP contribution is -2.36. The van der Waals surface area contributed by atoms with Crippen LogP contribution in [0.2, 0.25) is 0 Å². The molecule has 0 bridgehead atoms. The number of hydrogen-bond acceptors (Lipinski definition) is 8. The Kier molecular flexibility index (Phi) is 7.60. The lowest BCUT2D eigenvalue weighted by Gasteiger charge is -2.32. The van der Waals surface area contributed by atoms with Crippen LogP contribution >= 0.6 is 0 Å². The van der Waals surface area contributed by atoms with E-state index in [0.29, 0.717) is 35.1 Å². The third-order valence-corrected chi connectivity index (χ3v) is 6.69. The molecular weight excluding hydrogens is 462 g/mol. The van der Waals surface area contributed by atoms with Gasteiger partial charge in [-0.25, -0.2) is 4.98 Å². The number of methoxy groups -OCH3 is 1. The van der Waals surface area contributed by atoms with Gasteiger partial charge in [0.05, 0.1) is 18.3 Å². The number of fused-ring (bicyclic) bond motifs is 1. The van der Waals surface area contributed by atoms with E-state index in [1.807, 2.05) is 19.9 Å². The minimum Gasteiger partial charge on any atom is -0.396 e. The summed E-state index contributed by atoms with van der Waals surface area (Å²) < 4.78 is 8.94. The van der Waals surface area contributed by atoms with Crippen molar-refractivity contribution in [3.05, 3.63) is 46.5 Å². The van der Waals surface area contributed by atoms with E-state index in [9.17, 15) is 14.7 Å². The summed E-state index contributed by atoms with van der Waals surface area (Å²) in [5.74, 6) is 0.655. The lowest BCUT2D eigenvalue weighted by molar-refractivity contribution is 0.0278. The molecule has 3 aromatic heterocycles. The largest absolute Gasteiger partial charge is 0.396 e. The van der Waals surface area contributed by atoms with Crippen LogP contribution in [-0.4, -0.2) is 63.6 Å². The number of hydrogen-bond donors (Lipinski definition) is 4. The van der Waals surface area contributed by atoms with Crippen molar-refractivity contribution >= 4 is 28.9 Å². The van der Waals surface area contributed by atoms with E-state index >= 15 is 0 Å². The van der Waals surface area contributed by atoms with Gasteiger partial charge in [-0.05, 0) is 25.0 Å². The van der Waals surface area contributed by atoms with E-state index < -0.39 is 5.41 Å². The third-order valence-electron chi connectivity index (χ3n) is 6.69. The summed E-state index contributed by atoms with van der Waals surface area (Å²) in [4.78, 5) is 30.9. The first-order chi connectivity index (χ1) is 17.3. The number of carbonyl (C=O) groups is 1. The number of carbonyl (C=O) groups excluding carboxylic acids is 1. The number of amides is 1. The fraction of sp³-hybridized carbons (Fsp3) is 0.520. The van der Waals surface area contributed by atoms with E-state index in [-0.39, 0.29) is 30.2 Å². The van der Waals surface area contributed by atoms with Crippen LogP contribution in [-0.2, 0) is 4.74 Å². The van der Waals surface area contributed by atoms with Gasteiger partial charge in [0.2, 0.25) is 0 Å². The molecule has 11 nitrogen and oxygen atoms in total. The van der Waals surface area contributed by atoms with Crippen molar-refractivity contribution in [3.63, 3.8) is 0 Å². The minimum atomic E-state index is -0.456. The Bertz CT molecular complexity index is 1280. The molecule has 4 N–H and O–H groups in total. The van der Waals surface area contributed by atoms with Crippen LogP contribution in [0.5, 0.6) is 0 Å². The van der Waals surface area contributed by atoms with Gasteiger partial charge in [0, 0.05) is 45.0 Å². The molecule has 0 unspecified atom stereocenters. The van der Waals surface area contributed by atoms with Crippen LogP contribution in [0, 0.1) is 5.41 Å². The second kappa shape index (κ2) is 10.7. The molecule has 4 rings (SSSR count). The molecule has 3 aromatic rings. The molecule has 36 heavy (non-hydrogen) atoms. The highest BCUT2D eigenvalue weighted by Gasteiger charge is 2.27. The molecule has 1 amide bonds. The van der Waals surface area contributed by atoms with Gasteiger partial charge in [-0.2, -0.15) is 9.61 Å². The molecule has 0 saturated heterocycles. The molecule has 1 fully saturated rings. The number of pyridine rings is 1. The Morgan fingerprint density at radius 1 is 1.31 bits per heavy atom. The van der Waals surface area contributed by atoms with Crippen LogP contribution < -0.4 is 21.5 Å². The van der Waals surface area contributed by atoms with Crippen molar-refractivity contribution in [2.24, 2.45) is 5.41 Å². The van der Waals surface area contributed by atoms with Crippen LogP contribution in [0.15, 0.2) is 35.4 Å². The SMILES string of the molecule is CNc1cc(Nc2cccn([C@H]3CCCC[C@H]3OC)c2=O)nc2c(C(=O)NCC(C)(C)CO)cnn12. The normalized spacial score (nSPS) is 18.2. The van der Waals surface area contributed by atoms with Gasteiger partial charge in [0.25, 0.3) is 11.5 Å². The summed E-state index contributed by atoms with van der Waals surface area (Å²) in [6.07, 6.45) is 7.22. The number of aliphatic hydroxyl groups excluding tert-OH is 1. The minimum absolute atomic E-state index is 0.000689. The van der Waals surface area contributed by atoms with Gasteiger partial charge in [-0.15, -0.1) is 0 Å². The number of nitrogens with one attached hydrogen (secondary N) is 3. The molecule has 3 heterocycles. The average Bonchev–Trinajstić information content (AvgIpc) is 3.32. The zero-order valence-electron chi connectivity index (χ0n) is 21.2. The number of nitrogens with zero attached hydrogens (tertiary/aromatic N) is 4. The third kappa shape index (κ3) is 5.21. The van der Waals surface area contributed by atoms with E-state index in [4.69, 9.17) is 4.74 Å². The Balaban J connectivity index is 1.65. The first-order valence-corrected chi connectivity index (χ1v) is 12.2. The quantitative estimate of drug-likeness (QED) is 0.354. The van der Waals surface area contributed by atoms with Crippen molar-refractivity contribution in [1.29, 1.82) is 0 Å². The zero-order valence-corrected chi connectivity index (χ0v) is 21.2. The topological polar surface area (TPSA) is 135 Å². The second-order valence-corrected chi connectivity index (χ2v) is 9.96. The first-order valence-electron chi connectivity index (χ1n) is 12.2. The van der Waals surface area contributed by atoms with Crippen molar-refractivity contribution in [2.75, 3.05) is 37.9 Å². The summed E-state index contributed by atoms with van der Waals surface area (Å²) in [5.41, 5.74) is 0.400. The summed E-state index contributed by atoms with van der Waals surface area (Å²) in [5, 5.41) is 22.8. The Hall–Kier alpha value is -3.44. The number of anilines is 3. The predicted molar refractivity (Wildman–Crippen MR) is 138 cm³/mol. The Morgan fingerprint density at radius 2 is 2.08 bits per heavy atom. The summed E-state index contributed by atoms with van der Waals surface area (Å²) in [6.45, 7) is 3.96. The number of ether oxygens (including phenoxy) is 1. The number of aliphatic hydroxyl groups is 1. The van der Waals surface area contributed by atoms with E-state index in [2.05, 4.69) is 26.0 Å². The Labute approximate surface area is 209 Å². The van der Waals surface area contributed by atoms with Gasteiger partial charge in [0.15, 0.2) is 5.65 Å². The van der Waals surface area contributed by atoms with Crippen LogP contribution in [0.3, 0.4) is 0 Å². The van der Waals surface area contributed by atoms with Gasteiger partial charge in [0.1, 0.15) is 22.9 Å². The van der Waals surface area contributed by atoms with Crippen LogP contribution in [0.4, 0.5) is 17.3 Å². The van der Waals surface area contributed by atoms with Gasteiger partial charge in [-0.1, -0.05) is 26.7 Å². The number of aromatic nitrogens is 4. The maximum absolute atomic E-state index is 13.4. The molecule has 1 aliphatic rings. The lowest BCUT2D eigenvalue weighted by atomic mass is 9.92. The fourth-order valence-corrected chi connectivity index (χ4v) is 4.51. The molecule has 194 valence electrons. The molecule has 0 aromatic carbocycles. The van der Waals surface area contributed by atoms with E-state index in [1.165, 1.54) is 10.7 Å². The highest BCUT2D eigenvalue weighted by molar-refractivity contribution is 6.00. The molecular formula is C25H35N7O4. The smallest absolute Gasteiger partial charge is 0.274 e. The van der Waals surface area contributed by atoms with Gasteiger partial charge < -0.3 is 30.4 Å². The fourth-order valence-electron chi connectivity index (χ4n) is 4.51. The van der Waals surface area contributed by atoms with Crippen molar-refractivity contribution in [1.82, 2.24) is 24.5 Å². The van der Waals surface area contributed by atoms with Crippen molar-refractivity contribution in [2.45, 2.75) is 51.7 Å². The standard InChI is InChI=1S/C25H35N7O4/c1-25(2,15-33)14-27-23(34)16-13-28-32-21(26-3)12-20(30-22(16)32)29-17-8-7-11-31(24(17)35)18-9-5-6-10-19(18)36-4/h7-8,11-13,18-19,26,33H,5-6,9-10,14-15H2,1-4H3,(H,27,34)(H,29,30)/t18-,19+/m0/s1. The van der Waals surface area contributed by atoms with Crippen LogP contribution in [0.25, 0.3) is 5.65 Å². The van der Waals surface area contributed by atoms with Crippen molar-refractivity contribution < 1.29 is 14.6 Å². The first kappa shape index (κ1) is 25.6. The van der Waals surface area contributed by atoms with Gasteiger partial charge in [-0.3, -0.25) is 9.59 Å². The molecule has 11 heteroatoms. The van der Waals surface area contributed by atoms with E-state index in [1.54, 1.807) is 37.1 Å². The highest BCUT2D eigenvalue weighted by Crippen LogP contribution is 2.30. The summed E-state index contributed by atoms with van der Waals surface area (Å²) in [7, 11) is 3.44. The molecule has 1 saturated carbocycles. The molecule has 0 radical (unpaired) electrons. The summed E-state index contributed by atoms with van der Waals surface area (Å²) >= 11 is 0. The Morgan fingerprint density at radius 3 is 2.81 bits per heavy atom. The average molecular weight is 498 g/mol. The molecule has 2 atom stereocenters. The van der Waals surface area contributed by atoms with E-state index in [0.717, 1.165) is 25.7 Å². The monoisotopic (exact) mass is 497 g/mol. The zero-order chi connectivity index (χ0) is 25.9. The van der Waals surface area contributed by atoms with Gasteiger partial charge >= 0.3 is 0 Å². The maximum atomic E-state index is 13.4. The highest BCUT2D eigenvalue weighted by atomic mass is 16.5. The maximum Gasteiger partial charge on any atom is 0.274 e.